The van der Waals surface area contributed by atoms with Gasteiger partial charge in [-0.1, -0.05) is 72.9 Å². The van der Waals surface area contributed by atoms with E-state index in [2.05, 4.69) is 16.7 Å². The molecule has 212 valence electrons. The summed E-state index contributed by atoms with van der Waals surface area (Å²) in [5, 5.41) is 15.4. The Kier molecular flexibility index (Phi) is 10.4. The molecule has 1 aliphatic heterocycles. The van der Waals surface area contributed by atoms with Crippen LogP contribution in [-0.4, -0.2) is 41.9 Å². The van der Waals surface area contributed by atoms with Crippen molar-refractivity contribution in [1.82, 2.24) is 15.5 Å². The molecule has 0 spiro atoms. The van der Waals surface area contributed by atoms with Gasteiger partial charge in [-0.25, -0.2) is 0 Å². The third-order valence-electron chi connectivity index (χ3n) is 6.99. The van der Waals surface area contributed by atoms with Crippen LogP contribution in [0.5, 0.6) is 0 Å². The normalized spacial score (nSPS) is 19.2. The lowest BCUT2D eigenvalue weighted by Gasteiger charge is -2.47. The van der Waals surface area contributed by atoms with Gasteiger partial charge in [0.2, 0.25) is 12.3 Å². The molecule has 1 aliphatic rings. The second-order valence-corrected chi connectivity index (χ2v) is 10.6. The van der Waals surface area contributed by atoms with Crippen LogP contribution in [0.3, 0.4) is 0 Å². The molecule has 10 heteroatoms. The molecule has 4 rings (SSSR count). The number of morpholine rings is 1. The van der Waals surface area contributed by atoms with Gasteiger partial charge >= 0.3 is 0 Å². The molecule has 0 radical (unpaired) electrons. The van der Waals surface area contributed by atoms with Crippen LogP contribution >= 0.6 is 23.2 Å². The Hall–Kier alpha value is -3.90. The van der Waals surface area contributed by atoms with Gasteiger partial charge in [-0.05, 0) is 59.5 Å². The van der Waals surface area contributed by atoms with Crippen LogP contribution in [0.1, 0.15) is 54.2 Å². The van der Waals surface area contributed by atoms with Crippen LogP contribution < -0.4 is 10.6 Å². The summed E-state index contributed by atoms with van der Waals surface area (Å²) in [5.41, 5.74) is 2.86. The largest absolute Gasteiger partial charge is 0.358 e. The van der Waals surface area contributed by atoms with E-state index in [0.29, 0.717) is 34.9 Å². The molecular formula is C31H30Cl2N4O4. The first-order valence-corrected chi connectivity index (χ1v) is 14.0. The molecule has 0 saturated carbocycles. The molecule has 8 nitrogen and oxygen atoms in total. The average Bonchev–Trinajstić information content (AvgIpc) is 2.98. The Bertz CT molecular complexity index is 1390. The third-order valence-corrected chi connectivity index (χ3v) is 7.49. The predicted octanol–water partition coefficient (Wildman–Crippen LogP) is 5.11. The fraction of sp³-hybridized carbons (Fsp3) is 0.290. The topological polar surface area (TPSA) is 112 Å². The maximum atomic E-state index is 14.3. The van der Waals surface area contributed by atoms with E-state index in [1.54, 1.807) is 53.4 Å². The summed E-state index contributed by atoms with van der Waals surface area (Å²) in [5.74, 6) is -0.723. The van der Waals surface area contributed by atoms with Crippen LogP contribution in [-0.2, 0) is 25.5 Å². The lowest BCUT2D eigenvalue weighted by molar-refractivity contribution is -0.181. The van der Waals surface area contributed by atoms with Gasteiger partial charge in [-0.15, -0.1) is 0 Å². The van der Waals surface area contributed by atoms with E-state index in [9.17, 15) is 19.6 Å². The van der Waals surface area contributed by atoms with E-state index < -0.39 is 24.3 Å². The van der Waals surface area contributed by atoms with E-state index in [4.69, 9.17) is 27.9 Å². The SMILES string of the molecule is CCC[C@@H](C(=O)NCNC=O)N1C(=O)[C@@H](Cc2ccc(C#N)cc2)O[C@H](c2ccc(Cl)cc2)[C@@H]1c1ccc(Cl)cc1. The lowest BCUT2D eigenvalue weighted by atomic mass is 9.88. The Labute approximate surface area is 249 Å². The van der Waals surface area contributed by atoms with Gasteiger partial charge in [-0.2, -0.15) is 5.26 Å². The van der Waals surface area contributed by atoms with Crippen molar-refractivity contribution in [3.8, 4) is 6.07 Å². The number of hydrogen-bond donors (Lipinski definition) is 2. The number of ether oxygens (including phenoxy) is 1. The minimum absolute atomic E-state index is 0.0675. The van der Waals surface area contributed by atoms with Crippen molar-refractivity contribution < 1.29 is 19.1 Å². The van der Waals surface area contributed by atoms with Crippen LogP contribution in [0.2, 0.25) is 10.0 Å². The number of carbonyl (C=O) groups is 3. The molecular weight excluding hydrogens is 563 g/mol. The number of rotatable bonds is 11. The molecule has 3 aromatic carbocycles. The number of hydrogen-bond acceptors (Lipinski definition) is 5. The third kappa shape index (κ3) is 7.25. The monoisotopic (exact) mass is 592 g/mol. The van der Waals surface area contributed by atoms with Crippen molar-refractivity contribution in [2.24, 2.45) is 0 Å². The summed E-state index contributed by atoms with van der Waals surface area (Å²) in [6.45, 7) is 1.87. The fourth-order valence-corrected chi connectivity index (χ4v) is 5.30. The summed E-state index contributed by atoms with van der Waals surface area (Å²) in [7, 11) is 0. The van der Waals surface area contributed by atoms with E-state index in [1.807, 2.05) is 31.2 Å². The molecule has 4 atom stereocenters. The van der Waals surface area contributed by atoms with Gasteiger partial charge in [0, 0.05) is 16.5 Å². The van der Waals surface area contributed by atoms with E-state index in [0.717, 1.165) is 16.7 Å². The zero-order valence-electron chi connectivity index (χ0n) is 22.4. The second-order valence-electron chi connectivity index (χ2n) is 9.70. The standard InChI is InChI=1S/C31H30Cl2N4O4/c1-2-3-26(30(39)36-18-35-19-38)37-28(22-8-12-24(32)13-9-22)29(23-10-14-25(33)15-11-23)41-27(31(37)40)16-20-4-6-21(17-34)7-5-20/h4-15,19,26-29H,2-3,16,18H2,1H3,(H,35,38)(H,36,39)/t26-,27+,28-,29+/m0/s1. The highest BCUT2D eigenvalue weighted by Crippen LogP contribution is 2.44. The van der Waals surface area contributed by atoms with Gasteiger partial charge in [0.25, 0.3) is 5.91 Å². The zero-order valence-corrected chi connectivity index (χ0v) is 23.9. The predicted molar refractivity (Wildman–Crippen MR) is 156 cm³/mol. The second kappa shape index (κ2) is 14.1. The Morgan fingerprint density at radius 1 is 1.02 bits per heavy atom. The molecule has 1 saturated heterocycles. The summed E-state index contributed by atoms with van der Waals surface area (Å²) < 4.78 is 6.60. The number of carbonyl (C=O) groups excluding carboxylic acids is 3. The summed E-state index contributed by atoms with van der Waals surface area (Å²) in [6.07, 6.45) is 0.201. The van der Waals surface area contributed by atoms with Crippen molar-refractivity contribution in [3.05, 3.63) is 105 Å². The van der Waals surface area contributed by atoms with E-state index >= 15 is 0 Å². The molecule has 2 N–H and O–H groups in total. The first-order chi connectivity index (χ1) is 19.9. The van der Waals surface area contributed by atoms with Crippen molar-refractivity contribution in [2.75, 3.05) is 6.67 Å². The van der Waals surface area contributed by atoms with E-state index in [1.165, 1.54) is 0 Å². The van der Waals surface area contributed by atoms with Crippen LogP contribution in [0.4, 0.5) is 0 Å². The van der Waals surface area contributed by atoms with Crippen molar-refractivity contribution >= 4 is 41.4 Å². The maximum Gasteiger partial charge on any atom is 0.253 e. The first kappa shape index (κ1) is 30.1. The molecule has 1 heterocycles. The van der Waals surface area contributed by atoms with Crippen molar-refractivity contribution in [1.29, 1.82) is 5.26 Å². The minimum atomic E-state index is -0.910. The summed E-state index contributed by atoms with van der Waals surface area (Å²) in [4.78, 5) is 40.3. The summed E-state index contributed by atoms with van der Waals surface area (Å²) in [6, 6.07) is 21.9. The van der Waals surface area contributed by atoms with E-state index in [-0.39, 0.29) is 24.9 Å². The van der Waals surface area contributed by atoms with Gasteiger partial charge in [0.15, 0.2) is 0 Å². The van der Waals surface area contributed by atoms with Crippen molar-refractivity contribution in [3.63, 3.8) is 0 Å². The fourth-order valence-electron chi connectivity index (χ4n) is 5.05. The summed E-state index contributed by atoms with van der Waals surface area (Å²) >= 11 is 12.4. The molecule has 0 bridgehead atoms. The minimum Gasteiger partial charge on any atom is -0.358 e. The average molecular weight is 594 g/mol. The number of nitriles is 1. The molecule has 41 heavy (non-hydrogen) atoms. The molecule has 0 aromatic heterocycles. The lowest BCUT2D eigenvalue weighted by Crippen LogP contribution is -2.59. The Morgan fingerprint density at radius 3 is 2.20 bits per heavy atom. The van der Waals surface area contributed by atoms with Gasteiger partial charge in [-0.3, -0.25) is 14.4 Å². The zero-order chi connectivity index (χ0) is 29.4. The number of benzene rings is 3. The van der Waals surface area contributed by atoms with Gasteiger partial charge in [0.1, 0.15) is 18.2 Å². The smallest absolute Gasteiger partial charge is 0.253 e. The molecule has 0 unspecified atom stereocenters. The van der Waals surface area contributed by atoms with Crippen LogP contribution in [0, 0.1) is 11.3 Å². The quantitative estimate of drug-likeness (QED) is 0.183. The highest BCUT2D eigenvalue weighted by atomic mass is 35.5. The Balaban J connectivity index is 1.83. The molecule has 3 aromatic rings. The number of amides is 3. The number of nitrogens with zero attached hydrogens (tertiary/aromatic N) is 2. The number of nitrogens with one attached hydrogen (secondary N) is 2. The number of halogens is 2. The van der Waals surface area contributed by atoms with Crippen LogP contribution in [0.25, 0.3) is 0 Å². The molecule has 1 fully saturated rings. The van der Waals surface area contributed by atoms with Crippen LogP contribution in [0.15, 0.2) is 72.8 Å². The maximum absolute atomic E-state index is 14.3. The highest BCUT2D eigenvalue weighted by Gasteiger charge is 2.48. The molecule has 0 aliphatic carbocycles. The van der Waals surface area contributed by atoms with Gasteiger partial charge < -0.3 is 20.3 Å². The molecule has 3 amide bonds. The highest BCUT2D eigenvalue weighted by molar-refractivity contribution is 6.30. The van der Waals surface area contributed by atoms with Crippen molar-refractivity contribution in [2.45, 2.75) is 50.5 Å². The van der Waals surface area contributed by atoms with Gasteiger partial charge in [0.05, 0.1) is 24.3 Å². The Morgan fingerprint density at radius 2 is 1.63 bits per heavy atom. The first-order valence-electron chi connectivity index (χ1n) is 13.3.